The van der Waals surface area contributed by atoms with Crippen LogP contribution in [0.5, 0.6) is 0 Å². The van der Waals surface area contributed by atoms with Crippen molar-refractivity contribution in [1.82, 2.24) is 5.32 Å². The van der Waals surface area contributed by atoms with Gasteiger partial charge in [-0.2, -0.15) is 0 Å². The largest absolute Gasteiger partial charge is 0.472 e. The Labute approximate surface area is 325 Å². The molecule has 1 amide bonds. The zero-order valence-electron chi connectivity index (χ0n) is 34.5. The van der Waals surface area contributed by atoms with E-state index < -0.39 is 20.0 Å². The molecule has 3 N–H and O–H groups in total. The fourth-order valence-electron chi connectivity index (χ4n) is 5.32. The third-order valence-electron chi connectivity index (χ3n) is 8.64. The smallest absolute Gasteiger partial charge is 0.387 e. The van der Waals surface area contributed by atoms with Crippen molar-refractivity contribution in [2.75, 3.05) is 40.9 Å². The van der Waals surface area contributed by atoms with Crippen molar-refractivity contribution >= 4 is 13.7 Å². The third kappa shape index (κ3) is 38.0. The quantitative estimate of drug-likeness (QED) is 0.0254. The number of amides is 1. The van der Waals surface area contributed by atoms with Gasteiger partial charge in [-0.15, -0.1) is 0 Å². The Morgan fingerprint density at radius 1 is 0.660 bits per heavy atom. The molecule has 0 aliphatic heterocycles. The standard InChI is InChI=1S/C44H79N2O6P/c1-6-8-10-12-14-16-18-20-22-23-24-26-28-30-32-34-36-38-44(48)45-42(41-52-53(49,50)51-40-39-46(3,4)5)43(47)37-35-33-31-29-27-25-21-19-17-15-13-11-9-7-2/h8,10,14,16-17,19-20,22,27,29,35,37,42-43,47H,6-7,9,11-13,15,18,21,23-26,28,30-34,36,38-41H2,1-5H3,(H-,45,48,49,50)/p+1/b10-8-,16-14-,19-17+,22-20-,29-27+,37-35+. The molecule has 0 bridgehead atoms. The summed E-state index contributed by atoms with van der Waals surface area (Å²) in [6, 6.07) is -0.876. The summed E-state index contributed by atoms with van der Waals surface area (Å²) in [5, 5.41) is 13.8. The number of aliphatic hydroxyl groups excluding tert-OH is 1. The van der Waals surface area contributed by atoms with Gasteiger partial charge in [0.2, 0.25) is 5.91 Å². The molecule has 0 aliphatic carbocycles. The summed E-state index contributed by atoms with van der Waals surface area (Å²) in [6.45, 7) is 4.61. The maximum absolute atomic E-state index is 12.8. The summed E-state index contributed by atoms with van der Waals surface area (Å²) in [7, 11) is 1.52. The van der Waals surface area contributed by atoms with Crippen LogP contribution in [-0.4, -0.2) is 73.4 Å². The van der Waals surface area contributed by atoms with Gasteiger partial charge in [0.15, 0.2) is 0 Å². The van der Waals surface area contributed by atoms with E-state index in [0.29, 0.717) is 17.4 Å². The van der Waals surface area contributed by atoms with Gasteiger partial charge in [0.25, 0.3) is 0 Å². The molecule has 53 heavy (non-hydrogen) atoms. The van der Waals surface area contributed by atoms with Crippen LogP contribution in [0.1, 0.15) is 149 Å². The Morgan fingerprint density at radius 2 is 1.15 bits per heavy atom. The number of phosphoric ester groups is 1. The molecule has 0 radical (unpaired) electrons. The number of carbonyl (C=O) groups excluding carboxylic acids is 1. The van der Waals surface area contributed by atoms with E-state index >= 15 is 0 Å². The molecule has 0 rings (SSSR count). The first kappa shape index (κ1) is 50.9. The molecule has 0 spiro atoms. The molecular formula is C44H80N2O6P+. The van der Waals surface area contributed by atoms with Crippen molar-refractivity contribution in [3.05, 3.63) is 72.9 Å². The first-order valence-electron chi connectivity index (χ1n) is 20.8. The monoisotopic (exact) mass is 764 g/mol. The molecule has 3 unspecified atom stereocenters. The minimum atomic E-state index is -4.35. The molecule has 0 aromatic carbocycles. The number of hydrogen-bond acceptors (Lipinski definition) is 5. The minimum Gasteiger partial charge on any atom is -0.387 e. The molecule has 0 aromatic heterocycles. The number of rotatable bonds is 36. The average molecular weight is 764 g/mol. The number of hydrogen-bond donors (Lipinski definition) is 3. The Morgan fingerprint density at radius 3 is 1.74 bits per heavy atom. The SMILES string of the molecule is CC/C=C\C/C=C\C/C=C\CCCCCCCCCC(=O)NC(COP(=O)(O)OCC[N+](C)(C)C)C(O)/C=C/CC/C=C/CC/C=C/CCCCCC. The number of likely N-dealkylation sites (N-methyl/N-ethyl adjacent to an activating group) is 1. The maximum Gasteiger partial charge on any atom is 0.472 e. The predicted octanol–water partition coefficient (Wildman–Crippen LogP) is 11.2. The molecule has 306 valence electrons. The van der Waals surface area contributed by atoms with Crippen LogP contribution in [0.3, 0.4) is 0 Å². The van der Waals surface area contributed by atoms with Crippen molar-refractivity contribution < 1.29 is 32.9 Å². The van der Waals surface area contributed by atoms with E-state index in [4.69, 9.17) is 9.05 Å². The summed E-state index contributed by atoms with van der Waals surface area (Å²) in [5.74, 6) is -0.207. The van der Waals surface area contributed by atoms with Gasteiger partial charge in [0.05, 0.1) is 39.9 Å². The zero-order valence-corrected chi connectivity index (χ0v) is 35.4. The summed E-state index contributed by atoms with van der Waals surface area (Å²) < 4.78 is 23.5. The van der Waals surface area contributed by atoms with Gasteiger partial charge in [-0.3, -0.25) is 13.8 Å². The lowest BCUT2D eigenvalue weighted by molar-refractivity contribution is -0.870. The molecule has 9 heteroatoms. The van der Waals surface area contributed by atoms with Crippen LogP contribution in [0.4, 0.5) is 0 Å². The summed E-state index contributed by atoms with van der Waals surface area (Å²) >= 11 is 0. The minimum absolute atomic E-state index is 0.0477. The van der Waals surface area contributed by atoms with Crippen molar-refractivity contribution in [1.29, 1.82) is 0 Å². The molecule has 0 heterocycles. The van der Waals surface area contributed by atoms with Crippen molar-refractivity contribution in [2.24, 2.45) is 0 Å². The number of quaternary nitrogens is 1. The van der Waals surface area contributed by atoms with Gasteiger partial charge in [-0.05, 0) is 77.0 Å². The number of nitrogens with one attached hydrogen (secondary N) is 1. The fraction of sp³-hybridized carbons (Fsp3) is 0.705. The molecule has 0 fully saturated rings. The average Bonchev–Trinajstić information content (AvgIpc) is 3.10. The highest BCUT2D eigenvalue weighted by molar-refractivity contribution is 7.47. The number of unbranched alkanes of at least 4 members (excludes halogenated alkanes) is 13. The molecule has 8 nitrogen and oxygen atoms in total. The van der Waals surface area contributed by atoms with Gasteiger partial charge in [-0.1, -0.05) is 138 Å². The maximum atomic E-state index is 12.8. The summed E-state index contributed by atoms with van der Waals surface area (Å²) in [4.78, 5) is 23.1. The number of allylic oxidation sites excluding steroid dienone is 11. The Balaban J connectivity index is 4.57. The van der Waals surface area contributed by atoms with Crippen LogP contribution < -0.4 is 5.32 Å². The number of phosphoric acid groups is 1. The van der Waals surface area contributed by atoms with E-state index in [1.54, 1.807) is 6.08 Å². The van der Waals surface area contributed by atoms with E-state index in [2.05, 4.69) is 79.9 Å². The molecule has 0 saturated carbocycles. The van der Waals surface area contributed by atoms with Crippen LogP contribution in [-0.2, 0) is 18.4 Å². The number of carbonyl (C=O) groups is 1. The van der Waals surface area contributed by atoms with E-state index in [1.165, 1.54) is 51.4 Å². The van der Waals surface area contributed by atoms with Crippen molar-refractivity contribution in [2.45, 2.75) is 161 Å². The second-order valence-corrected chi connectivity index (χ2v) is 16.4. The zero-order chi connectivity index (χ0) is 39.3. The first-order chi connectivity index (χ1) is 25.5. The van der Waals surface area contributed by atoms with Crippen LogP contribution in [0.2, 0.25) is 0 Å². The second-order valence-electron chi connectivity index (χ2n) is 15.0. The number of nitrogens with zero attached hydrogens (tertiary/aromatic N) is 1. The van der Waals surface area contributed by atoms with Crippen LogP contribution >= 0.6 is 7.82 Å². The highest BCUT2D eigenvalue weighted by Crippen LogP contribution is 2.43. The lowest BCUT2D eigenvalue weighted by Gasteiger charge is -2.25. The van der Waals surface area contributed by atoms with E-state index in [9.17, 15) is 19.4 Å². The Kier molecular flexibility index (Phi) is 34.2. The van der Waals surface area contributed by atoms with Crippen LogP contribution in [0.15, 0.2) is 72.9 Å². The van der Waals surface area contributed by atoms with Gasteiger partial charge in [0, 0.05) is 6.42 Å². The summed E-state index contributed by atoms with van der Waals surface area (Å²) in [5.41, 5.74) is 0. The van der Waals surface area contributed by atoms with Gasteiger partial charge < -0.3 is 19.8 Å². The predicted molar refractivity (Wildman–Crippen MR) is 226 cm³/mol. The van der Waals surface area contributed by atoms with E-state index in [0.717, 1.165) is 77.0 Å². The molecule has 3 atom stereocenters. The van der Waals surface area contributed by atoms with Crippen LogP contribution in [0.25, 0.3) is 0 Å². The fourth-order valence-corrected chi connectivity index (χ4v) is 6.06. The first-order valence-corrected chi connectivity index (χ1v) is 22.3. The van der Waals surface area contributed by atoms with Crippen LogP contribution in [0, 0.1) is 0 Å². The normalized spacial score (nSPS) is 15.2. The van der Waals surface area contributed by atoms with Gasteiger partial charge >= 0.3 is 7.82 Å². The van der Waals surface area contributed by atoms with E-state index in [1.807, 2.05) is 27.2 Å². The molecular weight excluding hydrogens is 683 g/mol. The number of aliphatic hydroxyl groups is 1. The topological polar surface area (TPSA) is 105 Å². The lowest BCUT2D eigenvalue weighted by Crippen LogP contribution is -2.45. The molecule has 0 saturated heterocycles. The highest BCUT2D eigenvalue weighted by Gasteiger charge is 2.27. The van der Waals surface area contributed by atoms with E-state index in [-0.39, 0.29) is 19.1 Å². The highest BCUT2D eigenvalue weighted by atomic mass is 31.2. The third-order valence-corrected chi connectivity index (χ3v) is 9.62. The Hall–Kier alpha value is -2.06. The molecule has 0 aliphatic rings. The molecule has 0 aromatic rings. The van der Waals surface area contributed by atoms with Crippen molar-refractivity contribution in [3.63, 3.8) is 0 Å². The summed E-state index contributed by atoms with van der Waals surface area (Å²) in [6.07, 6.45) is 46.8. The second kappa shape index (κ2) is 35.6. The van der Waals surface area contributed by atoms with Gasteiger partial charge in [0.1, 0.15) is 13.2 Å². The van der Waals surface area contributed by atoms with Gasteiger partial charge in [-0.25, -0.2) is 4.57 Å². The van der Waals surface area contributed by atoms with Crippen molar-refractivity contribution in [3.8, 4) is 0 Å². The lowest BCUT2D eigenvalue weighted by atomic mass is 10.1. The Bertz CT molecular complexity index is 1090.